The van der Waals surface area contributed by atoms with Gasteiger partial charge in [0.05, 0.1) is 12.2 Å². The molecule has 0 bridgehead atoms. The number of amides is 2. The molecule has 0 saturated carbocycles. The summed E-state index contributed by atoms with van der Waals surface area (Å²) in [6.07, 6.45) is 2.36. The highest BCUT2D eigenvalue weighted by molar-refractivity contribution is 6.00. The lowest BCUT2D eigenvalue weighted by molar-refractivity contribution is -0.126. The smallest absolute Gasteiger partial charge is 0.242 e. The van der Waals surface area contributed by atoms with Gasteiger partial charge in [-0.25, -0.2) is 4.68 Å². The van der Waals surface area contributed by atoms with Gasteiger partial charge >= 0.3 is 0 Å². The minimum Gasteiger partial charge on any atom is -0.354 e. The van der Waals surface area contributed by atoms with Crippen molar-refractivity contribution in [1.29, 1.82) is 0 Å². The van der Waals surface area contributed by atoms with E-state index in [9.17, 15) is 9.59 Å². The first-order chi connectivity index (χ1) is 14.0. The lowest BCUT2D eigenvalue weighted by Gasteiger charge is -2.32. The van der Waals surface area contributed by atoms with E-state index < -0.39 is 6.04 Å². The van der Waals surface area contributed by atoms with Crippen LogP contribution in [-0.2, 0) is 29.1 Å². The molecule has 154 valence electrons. The lowest BCUT2D eigenvalue weighted by Crippen LogP contribution is -2.51. The first-order valence-corrected chi connectivity index (χ1v) is 10.5. The number of aryl methyl sites for hydroxylation is 2. The third-order valence-electron chi connectivity index (χ3n) is 5.86. The molecule has 7 nitrogen and oxygen atoms in total. The summed E-state index contributed by atoms with van der Waals surface area (Å²) in [7, 11) is 0. The molecular formula is C22H29N5O2. The summed E-state index contributed by atoms with van der Waals surface area (Å²) in [5, 5.41) is 7.41. The maximum absolute atomic E-state index is 12.7. The van der Waals surface area contributed by atoms with E-state index in [1.807, 2.05) is 17.7 Å². The molecule has 1 atom stereocenters. The number of aromatic nitrogens is 2. The number of rotatable bonds is 6. The maximum atomic E-state index is 12.7. The van der Waals surface area contributed by atoms with Crippen molar-refractivity contribution in [3.8, 4) is 0 Å². The van der Waals surface area contributed by atoms with Crippen LogP contribution in [0.5, 0.6) is 0 Å². The first-order valence-electron chi connectivity index (χ1n) is 10.5. The van der Waals surface area contributed by atoms with Crippen LogP contribution in [-0.4, -0.2) is 52.2 Å². The standard InChI is InChI=1S/C22H29N5O2/c1-16-14-20-26(24-16)13-9-21(28)27(20)17(2)22(29)23-10-5-11-25-12-8-18-6-3-4-7-19(18)15-25/h3-4,6-7,14,17H,5,8-13,15H2,1-2H3,(H,23,29)/t17-/m1/s1. The fourth-order valence-corrected chi connectivity index (χ4v) is 4.28. The molecule has 2 amide bonds. The van der Waals surface area contributed by atoms with Gasteiger partial charge in [-0.3, -0.25) is 19.4 Å². The minimum atomic E-state index is -0.542. The van der Waals surface area contributed by atoms with E-state index in [1.54, 1.807) is 11.8 Å². The Hall–Kier alpha value is -2.67. The largest absolute Gasteiger partial charge is 0.354 e. The van der Waals surface area contributed by atoms with Crippen molar-refractivity contribution in [3.63, 3.8) is 0 Å². The number of hydrogen-bond donors (Lipinski definition) is 1. The molecule has 1 aromatic carbocycles. The quantitative estimate of drug-likeness (QED) is 0.759. The van der Waals surface area contributed by atoms with Crippen molar-refractivity contribution in [3.05, 3.63) is 47.2 Å². The van der Waals surface area contributed by atoms with Gasteiger partial charge in [0.25, 0.3) is 0 Å². The van der Waals surface area contributed by atoms with Gasteiger partial charge in [0.1, 0.15) is 11.9 Å². The lowest BCUT2D eigenvalue weighted by atomic mass is 10.00. The number of carbonyl (C=O) groups is 2. The predicted octanol–water partition coefficient (Wildman–Crippen LogP) is 1.88. The number of anilines is 1. The Kier molecular flexibility index (Phi) is 5.67. The summed E-state index contributed by atoms with van der Waals surface area (Å²) >= 11 is 0. The number of nitrogens with zero attached hydrogens (tertiary/aromatic N) is 4. The molecule has 2 aliphatic rings. The molecule has 0 saturated heterocycles. The third kappa shape index (κ3) is 4.19. The highest BCUT2D eigenvalue weighted by Crippen LogP contribution is 2.24. The topological polar surface area (TPSA) is 70.5 Å². The van der Waals surface area contributed by atoms with Crippen LogP contribution in [0.3, 0.4) is 0 Å². The highest BCUT2D eigenvalue weighted by atomic mass is 16.2. The van der Waals surface area contributed by atoms with Crippen molar-refractivity contribution in [2.45, 2.75) is 52.2 Å². The van der Waals surface area contributed by atoms with E-state index in [0.717, 1.165) is 38.2 Å². The Balaban J connectivity index is 1.26. The number of benzene rings is 1. The van der Waals surface area contributed by atoms with Crippen molar-refractivity contribution in [2.75, 3.05) is 24.5 Å². The van der Waals surface area contributed by atoms with Crippen LogP contribution in [0.2, 0.25) is 0 Å². The zero-order valence-corrected chi connectivity index (χ0v) is 17.2. The summed E-state index contributed by atoms with van der Waals surface area (Å²) in [6.45, 7) is 7.87. The van der Waals surface area contributed by atoms with Gasteiger partial charge in [0, 0.05) is 38.7 Å². The molecule has 2 aromatic rings. The van der Waals surface area contributed by atoms with Crippen molar-refractivity contribution in [1.82, 2.24) is 20.0 Å². The van der Waals surface area contributed by atoms with Crippen LogP contribution < -0.4 is 10.2 Å². The molecule has 0 fully saturated rings. The number of hydrogen-bond acceptors (Lipinski definition) is 4. The molecule has 0 aliphatic carbocycles. The highest BCUT2D eigenvalue weighted by Gasteiger charge is 2.32. The van der Waals surface area contributed by atoms with E-state index in [2.05, 4.69) is 39.6 Å². The first kappa shape index (κ1) is 19.6. The number of carbonyl (C=O) groups excluding carboxylic acids is 2. The van der Waals surface area contributed by atoms with Crippen molar-refractivity contribution < 1.29 is 9.59 Å². The van der Waals surface area contributed by atoms with Gasteiger partial charge in [-0.1, -0.05) is 24.3 Å². The predicted molar refractivity (Wildman–Crippen MR) is 112 cm³/mol. The van der Waals surface area contributed by atoms with Crippen LogP contribution in [0.4, 0.5) is 5.82 Å². The zero-order chi connectivity index (χ0) is 20.4. The van der Waals surface area contributed by atoms with Gasteiger partial charge in [0.2, 0.25) is 11.8 Å². The molecule has 2 aliphatic heterocycles. The zero-order valence-electron chi connectivity index (χ0n) is 17.2. The Morgan fingerprint density at radius 3 is 2.83 bits per heavy atom. The van der Waals surface area contributed by atoms with E-state index in [0.29, 0.717) is 25.3 Å². The Morgan fingerprint density at radius 1 is 1.21 bits per heavy atom. The monoisotopic (exact) mass is 395 g/mol. The minimum absolute atomic E-state index is 0.0213. The number of fused-ring (bicyclic) bond motifs is 2. The summed E-state index contributed by atoms with van der Waals surface area (Å²) in [5.74, 6) is 0.579. The maximum Gasteiger partial charge on any atom is 0.242 e. The fraction of sp³-hybridized carbons (Fsp3) is 0.500. The summed E-state index contributed by atoms with van der Waals surface area (Å²) in [5.41, 5.74) is 3.72. The van der Waals surface area contributed by atoms with E-state index >= 15 is 0 Å². The molecule has 0 spiro atoms. The second-order valence-corrected chi connectivity index (χ2v) is 8.00. The summed E-state index contributed by atoms with van der Waals surface area (Å²) in [6, 6.07) is 9.94. The normalized spacial score (nSPS) is 17.6. The second kappa shape index (κ2) is 8.37. The summed E-state index contributed by atoms with van der Waals surface area (Å²) in [4.78, 5) is 29.1. The Morgan fingerprint density at radius 2 is 2.00 bits per heavy atom. The van der Waals surface area contributed by atoms with Gasteiger partial charge in [0.15, 0.2) is 0 Å². The van der Waals surface area contributed by atoms with Crippen LogP contribution in [0, 0.1) is 6.92 Å². The molecule has 0 radical (unpaired) electrons. The van der Waals surface area contributed by atoms with Crippen molar-refractivity contribution in [2.24, 2.45) is 0 Å². The Labute approximate surface area is 171 Å². The third-order valence-corrected chi connectivity index (χ3v) is 5.86. The van der Waals surface area contributed by atoms with Gasteiger partial charge in [-0.05, 0) is 37.8 Å². The summed E-state index contributed by atoms with van der Waals surface area (Å²) < 4.78 is 1.81. The van der Waals surface area contributed by atoms with Gasteiger partial charge < -0.3 is 5.32 Å². The second-order valence-electron chi connectivity index (χ2n) is 8.00. The molecule has 1 N–H and O–H groups in total. The van der Waals surface area contributed by atoms with E-state index in [4.69, 9.17) is 0 Å². The Bertz CT molecular complexity index is 906. The fourth-order valence-electron chi connectivity index (χ4n) is 4.28. The van der Waals surface area contributed by atoms with Crippen LogP contribution in [0.15, 0.2) is 30.3 Å². The van der Waals surface area contributed by atoms with E-state index in [1.165, 1.54) is 11.1 Å². The van der Waals surface area contributed by atoms with Crippen LogP contribution in [0.25, 0.3) is 0 Å². The molecule has 1 aromatic heterocycles. The van der Waals surface area contributed by atoms with E-state index in [-0.39, 0.29) is 11.8 Å². The molecule has 0 unspecified atom stereocenters. The van der Waals surface area contributed by atoms with Gasteiger partial charge in [-0.2, -0.15) is 5.10 Å². The van der Waals surface area contributed by atoms with Gasteiger partial charge in [-0.15, -0.1) is 0 Å². The molecule has 3 heterocycles. The molecule has 29 heavy (non-hydrogen) atoms. The number of nitrogens with one attached hydrogen (secondary N) is 1. The van der Waals surface area contributed by atoms with Crippen molar-refractivity contribution >= 4 is 17.6 Å². The van der Waals surface area contributed by atoms with Crippen LogP contribution in [0.1, 0.15) is 36.6 Å². The SMILES string of the molecule is Cc1cc2n(n1)CCC(=O)N2[C@H](C)C(=O)NCCCN1CCc2ccccc2C1. The average Bonchev–Trinajstić information content (AvgIpc) is 3.10. The average molecular weight is 396 g/mol. The molecular weight excluding hydrogens is 366 g/mol. The van der Waals surface area contributed by atoms with Crippen LogP contribution >= 0.6 is 0 Å². The molecule has 7 heteroatoms. The molecule has 4 rings (SSSR count).